The molecule has 0 saturated heterocycles. The summed E-state index contributed by atoms with van der Waals surface area (Å²) in [6, 6.07) is 10.4. The number of carbonyl (C=O) groups is 1. The molecule has 0 unspecified atom stereocenters. The van der Waals surface area contributed by atoms with Gasteiger partial charge in [-0.2, -0.15) is 0 Å². The summed E-state index contributed by atoms with van der Waals surface area (Å²) in [7, 11) is 0. The van der Waals surface area contributed by atoms with E-state index in [-0.39, 0.29) is 5.56 Å². The molecule has 0 fully saturated rings. The number of halogens is 1. The Morgan fingerprint density at radius 1 is 1.10 bits per heavy atom. The van der Waals surface area contributed by atoms with Gasteiger partial charge in [-0.15, -0.1) is 0 Å². The standard InChI is InChI=1S/C15H11ClO4S/c16-9-1-4-14(11(7-9)15(17)18)21-10-2-3-12-13(8-10)20-6-5-19-12/h1-4,7-8H,5-6H2,(H,17,18). The summed E-state index contributed by atoms with van der Waals surface area (Å²) in [5, 5.41) is 9.65. The van der Waals surface area contributed by atoms with Gasteiger partial charge in [0.05, 0.1) is 5.56 Å². The molecule has 0 saturated carbocycles. The minimum Gasteiger partial charge on any atom is -0.486 e. The molecule has 1 heterocycles. The zero-order valence-electron chi connectivity index (χ0n) is 10.8. The smallest absolute Gasteiger partial charge is 0.336 e. The van der Waals surface area contributed by atoms with Crippen LogP contribution in [0.15, 0.2) is 46.2 Å². The first-order chi connectivity index (χ1) is 10.1. The van der Waals surface area contributed by atoms with Gasteiger partial charge in [0.25, 0.3) is 0 Å². The van der Waals surface area contributed by atoms with Crippen molar-refractivity contribution in [3.8, 4) is 11.5 Å². The normalized spacial score (nSPS) is 13.0. The van der Waals surface area contributed by atoms with Crippen molar-refractivity contribution in [2.45, 2.75) is 9.79 Å². The summed E-state index contributed by atoms with van der Waals surface area (Å²) in [5.74, 6) is 0.384. The molecule has 6 heteroatoms. The Morgan fingerprint density at radius 3 is 2.62 bits per heavy atom. The monoisotopic (exact) mass is 322 g/mol. The number of aromatic carboxylic acids is 1. The molecule has 0 bridgehead atoms. The van der Waals surface area contributed by atoms with E-state index >= 15 is 0 Å². The average molecular weight is 323 g/mol. The molecule has 0 aliphatic carbocycles. The van der Waals surface area contributed by atoms with Crippen LogP contribution in [0, 0.1) is 0 Å². The van der Waals surface area contributed by atoms with Crippen LogP contribution in [0.5, 0.6) is 11.5 Å². The van der Waals surface area contributed by atoms with Crippen LogP contribution in [-0.4, -0.2) is 24.3 Å². The van der Waals surface area contributed by atoms with Gasteiger partial charge in [-0.25, -0.2) is 4.79 Å². The second-order valence-electron chi connectivity index (χ2n) is 4.35. The molecule has 0 atom stereocenters. The molecule has 1 aliphatic heterocycles. The van der Waals surface area contributed by atoms with E-state index in [9.17, 15) is 9.90 Å². The van der Waals surface area contributed by atoms with Gasteiger partial charge < -0.3 is 14.6 Å². The maximum atomic E-state index is 11.3. The van der Waals surface area contributed by atoms with Gasteiger partial charge in [0.15, 0.2) is 11.5 Å². The van der Waals surface area contributed by atoms with E-state index in [0.29, 0.717) is 34.6 Å². The third-order valence-corrected chi connectivity index (χ3v) is 4.21. The van der Waals surface area contributed by atoms with Gasteiger partial charge in [-0.3, -0.25) is 0 Å². The quantitative estimate of drug-likeness (QED) is 0.927. The summed E-state index contributed by atoms with van der Waals surface area (Å²) < 4.78 is 11.0. The predicted molar refractivity (Wildman–Crippen MR) is 80.0 cm³/mol. The molecule has 1 aliphatic rings. The van der Waals surface area contributed by atoms with Crippen LogP contribution in [0.1, 0.15) is 10.4 Å². The van der Waals surface area contributed by atoms with Gasteiger partial charge in [0.1, 0.15) is 13.2 Å². The van der Waals surface area contributed by atoms with E-state index < -0.39 is 5.97 Å². The van der Waals surface area contributed by atoms with Crippen molar-refractivity contribution in [1.82, 2.24) is 0 Å². The molecule has 1 N–H and O–H groups in total. The van der Waals surface area contributed by atoms with E-state index in [0.717, 1.165) is 4.90 Å². The van der Waals surface area contributed by atoms with Crippen molar-refractivity contribution in [3.05, 3.63) is 47.0 Å². The third kappa shape index (κ3) is 3.09. The SMILES string of the molecule is O=C(O)c1cc(Cl)ccc1Sc1ccc2c(c1)OCCO2. The Balaban J connectivity index is 1.92. The predicted octanol–water partition coefficient (Wildman–Crippen LogP) is 3.96. The molecule has 108 valence electrons. The van der Waals surface area contributed by atoms with Crippen LogP contribution in [0.4, 0.5) is 0 Å². The summed E-state index contributed by atoms with van der Waals surface area (Å²) in [6.45, 7) is 1.06. The number of carboxylic acids is 1. The maximum Gasteiger partial charge on any atom is 0.336 e. The van der Waals surface area contributed by atoms with E-state index in [1.54, 1.807) is 12.1 Å². The highest BCUT2D eigenvalue weighted by molar-refractivity contribution is 7.99. The Morgan fingerprint density at radius 2 is 1.86 bits per heavy atom. The lowest BCUT2D eigenvalue weighted by molar-refractivity contribution is 0.0693. The van der Waals surface area contributed by atoms with Crippen LogP contribution in [0.25, 0.3) is 0 Å². The number of carboxylic acid groups (broad SMARTS) is 1. The van der Waals surface area contributed by atoms with Crippen molar-refractivity contribution in [2.75, 3.05) is 13.2 Å². The minimum atomic E-state index is -1.00. The summed E-state index contributed by atoms with van der Waals surface area (Å²) >= 11 is 7.20. The number of benzene rings is 2. The molecule has 2 aromatic carbocycles. The topological polar surface area (TPSA) is 55.8 Å². The molecule has 0 radical (unpaired) electrons. The van der Waals surface area contributed by atoms with Gasteiger partial charge in [-0.05, 0) is 36.4 Å². The van der Waals surface area contributed by atoms with E-state index in [1.165, 1.54) is 17.8 Å². The van der Waals surface area contributed by atoms with Crippen LogP contribution < -0.4 is 9.47 Å². The molecule has 0 amide bonds. The lowest BCUT2D eigenvalue weighted by atomic mass is 10.2. The highest BCUT2D eigenvalue weighted by Gasteiger charge is 2.15. The first kappa shape index (κ1) is 14.1. The van der Waals surface area contributed by atoms with Crippen molar-refractivity contribution in [3.63, 3.8) is 0 Å². The molecule has 3 rings (SSSR count). The van der Waals surface area contributed by atoms with Crippen molar-refractivity contribution >= 4 is 29.3 Å². The Kier molecular flexibility index (Phi) is 3.94. The van der Waals surface area contributed by atoms with Crippen molar-refractivity contribution < 1.29 is 19.4 Å². The van der Waals surface area contributed by atoms with Gasteiger partial charge >= 0.3 is 5.97 Å². The summed E-state index contributed by atoms with van der Waals surface area (Å²) in [4.78, 5) is 12.8. The van der Waals surface area contributed by atoms with Gasteiger partial charge in [0, 0.05) is 14.8 Å². The Labute approximate surface area is 130 Å². The second-order valence-corrected chi connectivity index (χ2v) is 5.90. The average Bonchev–Trinajstić information content (AvgIpc) is 2.49. The molecular weight excluding hydrogens is 312 g/mol. The van der Waals surface area contributed by atoms with E-state index in [1.807, 2.05) is 18.2 Å². The number of hydrogen-bond acceptors (Lipinski definition) is 4. The molecule has 4 nitrogen and oxygen atoms in total. The highest BCUT2D eigenvalue weighted by atomic mass is 35.5. The van der Waals surface area contributed by atoms with Crippen LogP contribution in [0.2, 0.25) is 5.02 Å². The maximum absolute atomic E-state index is 11.3. The van der Waals surface area contributed by atoms with Crippen LogP contribution in [0.3, 0.4) is 0 Å². The number of hydrogen-bond donors (Lipinski definition) is 1. The van der Waals surface area contributed by atoms with Gasteiger partial charge in [-0.1, -0.05) is 23.4 Å². The van der Waals surface area contributed by atoms with Crippen molar-refractivity contribution in [1.29, 1.82) is 0 Å². The second kappa shape index (κ2) is 5.87. The zero-order chi connectivity index (χ0) is 14.8. The fourth-order valence-electron chi connectivity index (χ4n) is 1.97. The Bertz CT molecular complexity index is 702. The molecule has 0 aromatic heterocycles. The first-order valence-electron chi connectivity index (χ1n) is 6.24. The third-order valence-electron chi connectivity index (χ3n) is 2.91. The van der Waals surface area contributed by atoms with Gasteiger partial charge in [0.2, 0.25) is 0 Å². The fraction of sp³-hybridized carbons (Fsp3) is 0.133. The van der Waals surface area contributed by atoms with Crippen LogP contribution >= 0.6 is 23.4 Å². The minimum absolute atomic E-state index is 0.183. The molecular formula is C15H11ClO4S. The summed E-state index contributed by atoms with van der Waals surface area (Å²) in [6.07, 6.45) is 0. The van der Waals surface area contributed by atoms with E-state index in [4.69, 9.17) is 21.1 Å². The largest absolute Gasteiger partial charge is 0.486 e. The molecule has 21 heavy (non-hydrogen) atoms. The van der Waals surface area contributed by atoms with E-state index in [2.05, 4.69) is 0 Å². The van der Waals surface area contributed by atoms with Crippen molar-refractivity contribution in [2.24, 2.45) is 0 Å². The number of rotatable bonds is 3. The first-order valence-corrected chi connectivity index (χ1v) is 7.43. The summed E-state index contributed by atoms with van der Waals surface area (Å²) in [5.41, 5.74) is 0.183. The fourth-order valence-corrected chi connectivity index (χ4v) is 3.09. The lowest BCUT2D eigenvalue weighted by Gasteiger charge is -2.18. The highest BCUT2D eigenvalue weighted by Crippen LogP contribution is 2.38. The lowest BCUT2D eigenvalue weighted by Crippen LogP contribution is -2.15. The number of ether oxygens (including phenoxy) is 2. The zero-order valence-corrected chi connectivity index (χ0v) is 12.4. The van der Waals surface area contributed by atoms with Crippen LogP contribution in [-0.2, 0) is 0 Å². The molecule has 2 aromatic rings. The molecule has 0 spiro atoms. The number of fused-ring (bicyclic) bond motifs is 1. The Hall–Kier alpha value is -1.85.